The number of anilines is 1. The summed E-state index contributed by atoms with van der Waals surface area (Å²) >= 11 is 17.9. The van der Waals surface area contributed by atoms with E-state index in [1.165, 1.54) is 6.21 Å². The number of halogens is 3. The molecule has 6 nitrogen and oxygen atoms in total. The Balaban J connectivity index is 1.48. The first-order valence-electron chi connectivity index (χ1n) is 9.94. The van der Waals surface area contributed by atoms with Crippen LogP contribution in [0.5, 0.6) is 5.75 Å². The first-order chi connectivity index (χ1) is 15.9. The van der Waals surface area contributed by atoms with Gasteiger partial charge in [-0.3, -0.25) is 9.59 Å². The number of rotatable bonds is 9. The lowest BCUT2D eigenvalue weighted by atomic mass is 10.2. The molecule has 0 aliphatic heterocycles. The topological polar surface area (TPSA) is 79.8 Å². The molecule has 0 atom stereocenters. The van der Waals surface area contributed by atoms with E-state index in [1.807, 2.05) is 18.2 Å². The van der Waals surface area contributed by atoms with Gasteiger partial charge in [0.15, 0.2) is 0 Å². The second kappa shape index (κ2) is 12.3. The van der Waals surface area contributed by atoms with Crippen LogP contribution in [0.25, 0.3) is 0 Å². The molecule has 0 bridgehead atoms. The molecule has 0 spiro atoms. The Bertz CT molecular complexity index is 1170. The third-order valence-electron chi connectivity index (χ3n) is 4.38. The molecular weight excluding hydrogens is 485 g/mol. The number of hydrogen-bond acceptors (Lipinski definition) is 4. The second-order valence-electron chi connectivity index (χ2n) is 6.93. The van der Waals surface area contributed by atoms with Gasteiger partial charge in [0.05, 0.1) is 16.3 Å². The third-order valence-corrected chi connectivity index (χ3v) is 5.35. The summed E-state index contributed by atoms with van der Waals surface area (Å²) < 4.78 is 5.85. The first-order valence-corrected chi connectivity index (χ1v) is 11.1. The number of carbonyl (C=O) groups is 2. The van der Waals surface area contributed by atoms with E-state index < -0.39 is 0 Å². The molecule has 33 heavy (non-hydrogen) atoms. The first kappa shape index (κ1) is 24.6. The van der Waals surface area contributed by atoms with Crippen LogP contribution in [-0.4, -0.2) is 18.0 Å². The van der Waals surface area contributed by atoms with Crippen molar-refractivity contribution < 1.29 is 14.3 Å². The molecule has 0 saturated heterocycles. The molecule has 0 aliphatic rings. The zero-order valence-electron chi connectivity index (χ0n) is 17.4. The van der Waals surface area contributed by atoms with Gasteiger partial charge in [-0.15, -0.1) is 0 Å². The van der Waals surface area contributed by atoms with Crippen molar-refractivity contribution in [1.82, 2.24) is 5.43 Å². The predicted octanol–water partition coefficient (Wildman–Crippen LogP) is 6.09. The monoisotopic (exact) mass is 503 g/mol. The quantitative estimate of drug-likeness (QED) is 0.273. The molecule has 0 fully saturated rings. The number of hydrogen-bond donors (Lipinski definition) is 2. The summed E-state index contributed by atoms with van der Waals surface area (Å²) in [6, 6.07) is 19.3. The highest BCUT2D eigenvalue weighted by Crippen LogP contribution is 2.24. The number of carbonyl (C=O) groups excluding carboxylic acids is 2. The summed E-state index contributed by atoms with van der Waals surface area (Å²) in [5.74, 6) is -0.0957. The Labute approximate surface area is 206 Å². The standard InChI is InChI=1S/C24H20Cl3N3O3/c25-18-5-3-6-19(13-18)29-23(31)10-11-24(32)30-28-14-17-4-1-2-7-22(17)33-15-16-8-9-20(26)21(27)12-16/h1-9,12-14H,10-11,15H2,(H,29,31)(H,30,32). The summed E-state index contributed by atoms with van der Waals surface area (Å²) in [7, 11) is 0. The van der Waals surface area contributed by atoms with E-state index in [0.29, 0.717) is 32.1 Å². The van der Waals surface area contributed by atoms with Gasteiger partial charge in [0, 0.05) is 29.1 Å². The van der Waals surface area contributed by atoms with Crippen LogP contribution >= 0.6 is 34.8 Å². The van der Waals surface area contributed by atoms with Crippen LogP contribution in [-0.2, 0) is 16.2 Å². The van der Waals surface area contributed by atoms with Crippen molar-refractivity contribution in [2.24, 2.45) is 5.10 Å². The van der Waals surface area contributed by atoms with Crippen molar-refractivity contribution in [3.63, 3.8) is 0 Å². The number of amides is 2. The molecule has 0 aliphatic carbocycles. The van der Waals surface area contributed by atoms with Gasteiger partial charge < -0.3 is 10.1 Å². The number of nitrogens with zero attached hydrogens (tertiary/aromatic N) is 1. The summed E-state index contributed by atoms with van der Waals surface area (Å²) in [6.45, 7) is 0.288. The largest absolute Gasteiger partial charge is 0.488 e. The molecule has 2 amide bonds. The van der Waals surface area contributed by atoms with Crippen molar-refractivity contribution in [3.05, 3.63) is 92.9 Å². The molecule has 3 aromatic carbocycles. The van der Waals surface area contributed by atoms with Crippen LogP contribution in [0, 0.1) is 0 Å². The number of hydrazone groups is 1. The number of para-hydroxylation sites is 1. The zero-order valence-corrected chi connectivity index (χ0v) is 19.6. The summed E-state index contributed by atoms with van der Waals surface area (Å²) in [4.78, 5) is 24.0. The van der Waals surface area contributed by atoms with Gasteiger partial charge in [-0.2, -0.15) is 5.10 Å². The Morgan fingerprint density at radius 2 is 1.67 bits per heavy atom. The second-order valence-corrected chi connectivity index (χ2v) is 8.18. The lowest BCUT2D eigenvalue weighted by Gasteiger charge is -2.09. The Morgan fingerprint density at radius 3 is 2.45 bits per heavy atom. The Morgan fingerprint density at radius 1 is 0.879 bits per heavy atom. The van der Waals surface area contributed by atoms with Crippen LogP contribution in [0.1, 0.15) is 24.0 Å². The van der Waals surface area contributed by atoms with E-state index in [4.69, 9.17) is 39.5 Å². The van der Waals surface area contributed by atoms with Crippen LogP contribution in [0.4, 0.5) is 5.69 Å². The minimum atomic E-state index is -0.387. The van der Waals surface area contributed by atoms with Crippen molar-refractivity contribution >= 4 is 58.5 Å². The summed E-state index contributed by atoms with van der Waals surface area (Å²) in [5.41, 5.74) is 4.53. The van der Waals surface area contributed by atoms with Gasteiger partial charge in [0.2, 0.25) is 11.8 Å². The molecule has 0 unspecified atom stereocenters. The van der Waals surface area contributed by atoms with E-state index in [-0.39, 0.29) is 31.3 Å². The van der Waals surface area contributed by atoms with E-state index >= 15 is 0 Å². The SMILES string of the molecule is O=C(CCC(=O)Nc1cccc(Cl)c1)NN=Cc1ccccc1OCc1ccc(Cl)c(Cl)c1. The van der Waals surface area contributed by atoms with Gasteiger partial charge in [0.25, 0.3) is 0 Å². The highest BCUT2D eigenvalue weighted by atomic mass is 35.5. The van der Waals surface area contributed by atoms with Gasteiger partial charge in [-0.25, -0.2) is 5.43 Å². The van der Waals surface area contributed by atoms with Crippen LogP contribution < -0.4 is 15.5 Å². The van der Waals surface area contributed by atoms with Crippen LogP contribution in [0.15, 0.2) is 71.8 Å². The van der Waals surface area contributed by atoms with E-state index in [2.05, 4.69) is 15.8 Å². The maximum absolute atomic E-state index is 12.0. The van der Waals surface area contributed by atoms with Crippen LogP contribution in [0.2, 0.25) is 15.1 Å². The van der Waals surface area contributed by atoms with Gasteiger partial charge in [-0.1, -0.05) is 59.1 Å². The normalized spacial score (nSPS) is 10.8. The zero-order chi connectivity index (χ0) is 23.6. The number of ether oxygens (including phenoxy) is 1. The lowest BCUT2D eigenvalue weighted by molar-refractivity contribution is -0.124. The van der Waals surface area contributed by atoms with E-state index in [1.54, 1.807) is 48.5 Å². The van der Waals surface area contributed by atoms with E-state index in [0.717, 1.165) is 5.56 Å². The van der Waals surface area contributed by atoms with Crippen molar-refractivity contribution in [1.29, 1.82) is 0 Å². The molecule has 0 radical (unpaired) electrons. The van der Waals surface area contributed by atoms with Crippen molar-refractivity contribution in [2.45, 2.75) is 19.4 Å². The molecular formula is C24H20Cl3N3O3. The average Bonchev–Trinajstić information content (AvgIpc) is 2.79. The predicted molar refractivity (Wildman–Crippen MR) is 132 cm³/mol. The maximum Gasteiger partial charge on any atom is 0.240 e. The number of nitrogens with one attached hydrogen (secondary N) is 2. The smallest absolute Gasteiger partial charge is 0.240 e. The Hall–Kier alpha value is -3.06. The van der Waals surface area contributed by atoms with Crippen LogP contribution in [0.3, 0.4) is 0 Å². The molecule has 0 heterocycles. The molecule has 3 aromatic rings. The Kier molecular flexibility index (Phi) is 9.13. The fourth-order valence-corrected chi connectivity index (χ4v) is 3.27. The number of benzene rings is 3. The minimum Gasteiger partial charge on any atom is -0.488 e. The van der Waals surface area contributed by atoms with Crippen molar-refractivity contribution in [2.75, 3.05) is 5.32 Å². The fraction of sp³-hybridized carbons (Fsp3) is 0.125. The molecule has 9 heteroatoms. The fourth-order valence-electron chi connectivity index (χ4n) is 2.76. The summed E-state index contributed by atoms with van der Waals surface area (Å²) in [5, 5.41) is 8.10. The molecule has 2 N–H and O–H groups in total. The highest BCUT2D eigenvalue weighted by molar-refractivity contribution is 6.42. The van der Waals surface area contributed by atoms with E-state index in [9.17, 15) is 9.59 Å². The van der Waals surface area contributed by atoms with Crippen molar-refractivity contribution in [3.8, 4) is 5.75 Å². The summed E-state index contributed by atoms with van der Waals surface area (Å²) in [6.07, 6.45) is 1.48. The van der Waals surface area contributed by atoms with Gasteiger partial charge in [0.1, 0.15) is 12.4 Å². The molecule has 170 valence electrons. The lowest BCUT2D eigenvalue weighted by Crippen LogP contribution is -2.20. The highest BCUT2D eigenvalue weighted by Gasteiger charge is 2.08. The molecule has 0 aromatic heterocycles. The van der Waals surface area contributed by atoms with Gasteiger partial charge in [-0.05, 0) is 48.0 Å². The minimum absolute atomic E-state index is 0.0111. The average molecular weight is 505 g/mol. The van der Waals surface area contributed by atoms with Gasteiger partial charge >= 0.3 is 0 Å². The third kappa shape index (κ3) is 8.09. The molecule has 0 saturated carbocycles. The molecule has 3 rings (SSSR count). The maximum atomic E-state index is 12.0.